The molecule has 1 fully saturated rings. The number of benzene rings is 2. The van der Waals surface area contributed by atoms with Gasteiger partial charge >= 0.3 is 0 Å². The Bertz CT molecular complexity index is 1080. The third-order valence-electron chi connectivity index (χ3n) is 4.77. The molecular weight excluding hydrogens is 440 g/mol. The smallest absolute Gasteiger partial charge is 0.243 e. The minimum atomic E-state index is -3.70. The molecule has 0 spiro atoms. The number of rotatable bonds is 7. The third kappa shape index (κ3) is 6.03. The van der Waals surface area contributed by atoms with E-state index < -0.39 is 10.0 Å². The Labute approximate surface area is 187 Å². The Kier molecular flexibility index (Phi) is 7.64. The molecule has 2 aromatic rings. The predicted octanol–water partition coefficient (Wildman–Crippen LogP) is 2.30. The van der Waals surface area contributed by atoms with Crippen molar-refractivity contribution in [2.75, 3.05) is 45.2 Å². The summed E-state index contributed by atoms with van der Waals surface area (Å²) in [5.74, 6) is -0.320. The highest BCUT2D eigenvalue weighted by atomic mass is 35.5. The van der Waals surface area contributed by atoms with Crippen LogP contribution in [0.3, 0.4) is 0 Å². The van der Waals surface area contributed by atoms with Crippen molar-refractivity contribution in [1.29, 1.82) is 5.26 Å². The molecule has 1 aliphatic heterocycles. The zero-order chi connectivity index (χ0) is 22.4. The number of halogens is 1. The van der Waals surface area contributed by atoms with Crippen LogP contribution in [-0.4, -0.2) is 63.4 Å². The van der Waals surface area contributed by atoms with E-state index in [1.165, 1.54) is 22.5 Å². The molecule has 0 unspecified atom stereocenters. The predicted molar refractivity (Wildman–Crippen MR) is 117 cm³/mol. The number of hydrogen-bond donors (Lipinski definition) is 1. The van der Waals surface area contributed by atoms with Gasteiger partial charge in [0, 0.05) is 19.6 Å². The Morgan fingerprint density at radius 2 is 1.90 bits per heavy atom. The van der Waals surface area contributed by atoms with Gasteiger partial charge in [-0.25, -0.2) is 8.42 Å². The Morgan fingerprint density at radius 3 is 2.55 bits per heavy atom. The van der Waals surface area contributed by atoms with Crippen molar-refractivity contribution < 1.29 is 17.9 Å². The summed E-state index contributed by atoms with van der Waals surface area (Å²) in [7, 11) is -1.91. The first-order valence-corrected chi connectivity index (χ1v) is 11.5. The normalized spacial score (nSPS) is 14.9. The van der Waals surface area contributed by atoms with Gasteiger partial charge in [-0.2, -0.15) is 9.57 Å². The number of carbonyl (C=O) groups excluding carboxylic acids is 1. The lowest BCUT2D eigenvalue weighted by atomic mass is 10.1. The first-order valence-electron chi connectivity index (χ1n) is 9.64. The largest absolute Gasteiger partial charge is 0.379 e. The van der Waals surface area contributed by atoms with Crippen LogP contribution in [0.15, 0.2) is 47.4 Å². The van der Waals surface area contributed by atoms with Gasteiger partial charge in [0.2, 0.25) is 15.9 Å². The van der Waals surface area contributed by atoms with E-state index in [2.05, 4.69) is 11.4 Å². The van der Waals surface area contributed by atoms with Crippen LogP contribution in [0.1, 0.15) is 11.1 Å². The minimum Gasteiger partial charge on any atom is -0.379 e. The van der Waals surface area contributed by atoms with E-state index in [4.69, 9.17) is 21.6 Å². The number of hydrogen-bond acceptors (Lipinski definition) is 6. The number of anilines is 1. The molecule has 0 radical (unpaired) electrons. The third-order valence-corrected chi connectivity index (χ3v) is 6.99. The second-order valence-electron chi connectivity index (χ2n) is 7.19. The van der Waals surface area contributed by atoms with E-state index in [-0.39, 0.29) is 41.1 Å². The molecular formula is C21H23ClN4O4S. The molecule has 1 N–H and O–H groups in total. The molecule has 0 aromatic heterocycles. The monoisotopic (exact) mass is 462 g/mol. The molecule has 2 aromatic carbocycles. The molecule has 10 heteroatoms. The second-order valence-corrected chi connectivity index (χ2v) is 9.53. The van der Waals surface area contributed by atoms with Gasteiger partial charge in [0.25, 0.3) is 0 Å². The number of ether oxygens (including phenoxy) is 1. The fourth-order valence-corrected chi connectivity index (χ4v) is 4.78. The molecule has 1 heterocycles. The number of sulfonamides is 1. The van der Waals surface area contributed by atoms with Crippen LogP contribution in [0.4, 0.5) is 5.69 Å². The lowest BCUT2D eigenvalue weighted by Crippen LogP contribution is -2.40. The Hall–Kier alpha value is -2.48. The van der Waals surface area contributed by atoms with Crippen LogP contribution in [-0.2, 0) is 26.1 Å². The standard InChI is InChI=1S/C21H23ClN4O4S/c1-25(14-17-4-2-16(13-23)3-5-17)15-21(27)24-20-12-18(6-7-19(20)22)31(28,29)26-8-10-30-11-9-26/h2-7,12H,8-11,14-15H2,1H3,(H,24,27). The number of carbonyl (C=O) groups is 1. The number of nitrogens with one attached hydrogen (secondary N) is 1. The van der Waals surface area contributed by atoms with E-state index >= 15 is 0 Å². The lowest BCUT2D eigenvalue weighted by Gasteiger charge is -2.26. The molecule has 0 atom stereocenters. The first-order chi connectivity index (χ1) is 14.8. The fraction of sp³-hybridized carbons (Fsp3) is 0.333. The van der Waals surface area contributed by atoms with Crippen molar-refractivity contribution in [1.82, 2.24) is 9.21 Å². The number of nitrogens with zero attached hydrogens (tertiary/aromatic N) is 3. The number of nitriles is 1. The van der Waals surface area contributed by atoms with Crippen LogP contribution in [0.2, 0.25) is 5.02 Å². The molecule has 1 amide bonds. The average molecular weight is 463 g/mol. The summed E-state index contributed by atoms with van der Waals surface area (Å²) in [5.41, 5.74) is 1.78. The Balaban J connectivity index is 1.65. The molecule has 1 aliphatic rings. The highest BCUT2D eigenvalue weighted by Gasteiger charge is 2.27. The number of morpholine rings is 1. The highest BCUT2D eigenvalue weighted by molar-refractivity contribution is 7.89. The second kappa shape index (κ2) is 10.2. The summed E-state index contributed by atoms with van der Waals surface area (Å²) in [4.78, 5) is 14.4. The molecule has 31 heavy (non-hydrogen) atoms. The lowest BCUT2D eigenvalue weighted by molar-refractivity contribution is -0.117. The topological polar surface area (TPSA) is 103 Å². The SMILES string of the molecule is CN(CC(=O)Nc1cc(S(=O)(=O)N2CCOCC2)ccc1Cl)Cc1ccc(C#N)cc1. The average Bonchev–Trinajstić information content (AvgIpc) is 2.76. The molecule has 1 saturated heterocycles. The van der Waals surface area contributed by atoms with Gasteiger partial charge in [-0.3, -0.25) is 9.69 Å². The molecule has 0 bridgehead atoms. The Morgan fingerprint density at radius 1 is 1.23 bits per heavy atom. The van der Waals surface area contributed by atoms with Gasteiger partial charge < -0.3 is 10.1 Å². The van der Waals surface area contributed by atoms with E-state index in [0.717, 1.165) is 5.56 Å². The maximum Gasteiger partial charge on any atom is 0.243 e. The number of likely N-dealkylation sites (N-methyl/N-ethyl adjacent to an activating group) is 1. The molecule has 8 nitrogen and oxygen atoms in total. The van der Waals surface area contributed by atoms with Crippen molar-refractivity contribution in [3.63, 3.8) is 0 Å². The van der Waals surface area contributed by atoms with Gasteiger partial charge in [0.1, 0.15) is 0 Å². The summed E-state index contributed by atoms with van der Waals surface area (Å²) in [6.45, 7) is 1.86. The maximum absolute atomic E-state index is 12.8. The van der Waals surface area contributed by atoms with Gasteiger partial charge in [-0.05, 0) is 42.9 Å². The van der Waals surface area contributed by atoms with Gasteiger partial charge in [0.05, 0.1) is 47.0 Å². The van der Waals surface area contributed by atoms with Crippen molar-refractivity contribution in [3.8, 4) is 6.07 Å². The zero-order valence-corrected chi connectivity index (χ0v) is 18.6. The van der Waals surface area contributed by atoms with Crippen LogP contribution in [0.5, 0.6) is 0 Å². The van der Waals surface area contributed by atoms with Crippen LogP contribution < -0.4 is 5.32 Å². The highest BCUT2D eigenvalue weighted by Crippen LogP contribution is 2.27. The summed E-state index contributed by atoms with van der Waals surface area (Å²) in [5, 5.41) is 11.8. The number of amides is 1. The van der Waals surface area contributed by atoms with E-state index in [1.807, 2.05) is 12.1 Å². The van der Waals surface area contributed by atoms with Crippen LogP contribution >= 0.6 is 11.6 Å². The van der Waals surface area contributed by atoms with Crippen molar-refractivity contribution >= 4 is 33.2 Å². The van der Waals surface area contributed by atoms with E-state index in [0.29, 0.717) is 25.3 Å². The van der Waals surface area contributed by atoms with Crippen molar-refractivity contribution in [3.05, 3.63) is 58.6 Å². The molecule has 164 valence electrons. The van der Waals surface area contributed by atoms with Crippen LogP contribution in [0.25, 0.3) is 0 Å². The summed E-state index contributed by atoms with van der Waals surface area (Å²) >= 11 is 6.19. The maximum atomic E-state index is 12.8. The van der Waals surface area contributed by atoms with Gasteiger partial charge in [-0.15, -0.1) is 0 Å². The molecule has 0 saturated carbocycles. The quantitative estimate of drug-likeness (QED) is 0.677. The van der Waals surface area contributed by atoms with E-state index in [9.17, 15) is 13.2 Å². The zero-order valence-electron chi connectivity index (χ0n) is 17.0. The van der Waals surface area contributed by atoms with Gasteiger partial charge in [-0.1, -0.05) is 23.7 Å². The van der Waals surface area contributed by atoms with Gasteiger partial charge in [0.15, 0.2) is 0 Å². The fourth-order valence-electron chi connectivity index (χ4n) is 3.18. The van der Waals surface area contributed by atoms with Crippen molar-refractivity contribution in [2.24, 2.45) is 0 Å². The summed E-state index contributed by atoms with van der Waals surface area (Å²) < 4.78 is 32.3. The summed E-state index contributed by atoms with van der Waals surface area (Å²) in [6.07, 6.45) is 0. The molecule has 0 aliphatic carbocycles. The van der Waals surface area contributed by atoms with Crippen LogP contribution in [0, 0.1) is 11.3 Å². The first kappa shape index (κ1) is 23.2. The van der Waals surface area contributed by atoms with Crippen molar-refractivity contribution in [2.45, 2.75) is 11.4 Å². The molecule has 3 rings (SSSR count). The van der Waals surface area contributed by atoms with E-state index in [1.54, 1.807) is 24.1 Å². The summed E-state index contributed by atoms with van der Waals surface area (Å²) in [6, 6.07) is 13.5. The minimum absolute atomic E-state index is 0.0695.